The van der Waals surface area contributed by atoms with Crippen LogP contribution in [0.3, 0.4) is 0 Å². The van der Waals surface area contributed by atoms with Gasteiger partial charge in [0.15, 0.2) is 5.13 Å². The summed E-state index contributed by atoms with van der Waals surface area (Å²) in [6.45, 7) is 5.25. The average Bonchev–Trinajstić information content (AvgIpc) is 3.17. The van der Waals surface area contributed by atoms with E-state index in [-0.39, 0.29) is 12.5 Å². The number of aryl methyl sites for hydroxylation is 2. The number of benzene rings is 2. The minimum absolute atomic E-state index is 0.0402. The van der Waals surface area contributed by atoms with Crippen LogP contribution in [0.15, 0.2) is 40.6 Å². The zero-order valence-electron chi connectivity index (χ0n) is 17.4. The number of carbonyl (C=O) groups is 2. The number of hydrogen-bond donors (Lipinski definition) is 0. The summed E-state index contributed by atoms with van der Waals surface area (Å²) >= 11 is 15.4. The lowest BCUT2D eigenvalue weighted by atomic mass is 10.1. The SMILES string of the molecule is CSc1ccc(Cl)c(C(=O)OCc2csc(N(C(C)=O)c3c(C)cc(C)cc3Cl)n2)c1. The van der Waals surface area contributed by atoms with Gasteiger partial charge in [-0.25, -0.2) is 9.78 Å². The average molecular weight is 495 g/mol. The summed E-state index contributed by atoms with van der Waals surface area (Å²) in [5.74, 6) is -0.747. The molecule has 1 amide bonds. The topological polar surface area (TPSA) is 59.5 Å². The smallest absolute Gasteiger partial charge is 0.340 e. The number of rotatable bonds is 6. The maximum absolute atomic E-state index is 12.5. The van der Waals surface area contributed by atoms with E-state index in [1.807, 2.05) is 38.3 Å². The van der Waals surface area contributed by atoms with Crippen molar-refractivity contribution in [1.82, 2.24) is 4.98 Å². The molecule has 0 saturated carbocycles. The fourth-order valence-electron chi connectivity index (χ4n) is 3.05. The van der Waals surface area contributed by atoms with Crippen molar-refractivity contribution in [1.29, 1.82) is 0 Å². The van der Waals surface area contributed by atoms with Crippen LogP contribution in [0.1, 0.15) is 34.1 Å². The lowest BCUT2D eigenvalue weighted by Crippen LogP contribution is -2.24. The molecule has 31 heavy (non-hydrogen) atoms. The van der Waals surface area contributed by atoms with E-state index in [1.54, 1.807) is 17.5 Å². The van der Waals surface area contributed by atoms with Crippen LogP contribution in [0.4, 0.5) is 10.8 Å². The fourth-order valence-corrected chi connectivity index (χ4v) is 4.95. The van der Waals surface area contributed by atoms with Gasteiger partial charge in [-0.15, -0.1) is 23.1 Å². The lowest BCUT2D eigenvalue weighted by molar-refractivity contribution is -0.115. The Bertz CT molecular complexity index is 1120. The maximum Gasteiger partial charge on any atom is 0.340 e. The summed E-state index contributed by atoms with van der Waals surface area (Å²) in [5.41, 5.74) is 3.30. The second-order valence-electron chi connectivity index (χ2n) is 6.81. The number of ether oxygens (including phenoxy) is 1. The summed E-state index contributed by atoms with van der Waals surface area (Å²) in [7, 11) is 0. The summed E-state index contributed by atoms with van der Waals surface area (Å²) in [6, 6.07) is 8.97. The van der Waals surface area contributed by atoms with Crippen molar-refractivity contribution >= 4 is 69.0 Å². The highest BCUT2D eigenvalue weighted by molar-refractivity contribution is 7.98. The van der Waals surface area contributed by atoms with Gasteiger partial charge in [0.25, 0.3) is 0 Å². The van der Waals surface area contributed by atoms with E-state index in [0.717, 1.165) is 16.0 Å². The Balaban J connectivity index is 1.81. The van der Waals surface area contributed by atoms with Gasteiger partial charge < -0.3 is 4.74 Å². The minimum Gasteiger partial charge on any atom is -0.456 e. The standard InChI is InChI=1S/C22H20Cl2N2O3S2/c1-12-7-13(2)20(19(24)8-12)26(14(3)27)22-25-15(11-31-22)10-29-21(28)17-9-16(30-4)5-6-18(17)23/h5-9,11H,10H2,1-4H3. The van der Waals surface area contributed by atoms with Gasteiger partial charge in [-0.1, -0.05) is 29.3 Å². The van der Waals surface area contributed by atoms with Crippen molar-refractivity contribution in [3.63, 3.8) is 0 Å². The van der Waals surface area contributed by atoms with Crippen molar-refractivity contribution in [3.8, 4) is 0 Å². The molecule has 0 aliphatic heterocycles. The number of anilines is 2. The Kier molecular flexibility index (Phi) is 7.64. The van der Waals surface area contributed by atoms with Gasteiger partial charge in [-0.2, -0.15) is 0 Å². The molecule has 1 heterocycles. The number of carbonyl (C=O) groups excluding carboxylic acids is 2. The first-order valence-electron chi connectivity index (χ1n) is 9.23. The van der Waals surface area contributed by atoms with E-state index >= 15 is 0 Å². The van der Waals surface area contributed by atoms with Crippen LogP contribution in [0.5, 0.6) is 0 Å². The molecule has 0 radical (unpaired) electrons. The molecule has 0 aliphatic carbocycles. The van der Waals surface area contributed by atoms with E-state index in [0.29, 0.717) is 32.1 Å². The van der Waals surface area contributed by atoms with Crippen LogP contribution >= 0.6 is 46.3 Å². The highest BCUT2D eigenvalue weighted by Gasteiger charge is 2.23. The predicted octanol–water partition coefficient (Wildman–Crippen LogP) is 6.83. The van der Waals surface area contributed by atoms with Gasteiger partial charge in [0, 0.05) is 17.2 Å². The fraction of sp³-hybridized carbons (Fsp3) is 0.227. The number of thioether (sulfide) groups is 1. The second-order valence-corrected chi connectivity index (χ2v) is 9.34. The van der Waals surface area contributed by atoms with Crippen molar-refractivity contribution in [2.24, 2.45) is 0 Å². The van der Waals surface area contributed by atoms with E-state index in [9.17, 15) is 9.59 Å². The van der Waals surface area contributed by atoms with Crippen LogP contribution in [-0.4, -0.2) is 23.1 Å². The molecule has 3 rings (SSSR count). The van der Waals surface area contributed by atoms with Gasteiger partial charge in [-0.05, 0) is 55.5 Å². The third-order valence-electron chi connectivity index (χ3n) is 4.41. The Labute approximate surface area is 199 Å². The van der Waals surface area contributed by atoms with Crippen LogP contribution in [-0.2, 0) is 16.1 Å². The Morgan fingerprint density at radius 1 is 1.16 bits per heavy atom. The van der Waals surface area contributed by atoms with Gasteiger partial charge >= 0.3 is 5.97 Å². The highest BCUT2D eigenvalue weighted by atomic mass is 35.5. The van der Waals surface area contributed by atoms with Gasteiger partial charge in [0.1, 0.15) is 6.61 Å². The van der Waals surface area contributed by atoms with E-state index in [2.05, 4.69) is 4.98 Å². The monoisotopic (exact) mass is 494 g/mol. The molecule has 0 spiro atoms. The number of hydrogen-bond acceptors (Lipinski definition) is 6. The molecular weight excluding hydrogens is 475 g/mol. The Morgan fingerprint density at radius 2 is 1.90 bits per heavy atom. The Morgan fingerprint density at radius 3 is 2.55 bits per heavy atom. The molecule has 0 fully saturated rings. The molecular formula is C22H20Cl2N2O3S2. The summed E-state index contributed by atoms with van der Waals surface area (Å²) in [6.07, 6.45) is 1.91. The van der Waals surface area contributed by atoms with Crippen molar-refractivity contribution < 1.29 is 14.3 Å². The van der Waals surface area contributed by atoms with Crippen LogP contribution in [0.2, 0.25) is 10.0 Å². The molecule has 0 aliphatic rings. The van der Waals surface area contributed by atoms with Crippen molar-refractivity contribution in [3.05, 3.63) is 68.1 Å². The number of halogens is 2. The molecule has 2 aromatic carbocycles. The first-order chi connectivity index (χ1) is 14.7. The third-order valence-corrected chi connectivity index (χ3v) is 6.63. The van der Waals surface area contributed by atoms with Crippen molar-refractivity contribution in [2.45, 2.75) is 32.3 Å². The summed E-state index contributed by atoms with van der Waals surface area (Å²) in [5, 5.41) is 3.00. The van der Waals surface area contributed by atoms with Crippen molar-refractivity contribution in [2.75, 3.05) is 11.2 Å². The summed E-state index contributed by atoms with van der Waals surface area (Å²) < 4.78 is 5.40. The third kappa shape index (κ3) is 5.41. The predicted molar refractivity (Wildman–Crippen MR) is 128 cm³/mol. The maximum atomic E-state index is 12.5. The first-order valence-corrected chi connectivity index (χ1v) is 12.1. The summed E-state index contributed by atoms with van der Waals surface area (Å²) in [4.78, 5) is 31.8. The van der Waals surface area contributed by atoms with E-state index in [4.69, 9.17) is 27.9 Å². The number of amides is 1. The van der Waals surface area contributed by atoms with Gasteiger partial charge in [0.05, 0.1) is 27.0 Å². The second kappa shape index (κ2) is 10.0. The molecule has 5 nitrogen and oxygen atoms in total. The zero-order valence-corrected chi connectivity index (χ0v) is 20.5. The molecule has 162 valence electrons. The number of esters is 1. The molecule has 1 aromatic heterocycles. The zero-order chi connectivity index (χ0) is 22.7. The van der Waals surface area contributed by atoms with E-state index in [1.165, 1.54) is 34.9 Å². The number of aromatic nitrogens is 1. The van der Waals surface area contributed by atoms with Crippen LogP contribution < -0.4 is 4.90 Å². The molecule has 0 unspecified atom stereocenters. The van der Waals surface area contributed by atoms with Crippen LogP contribution in [0, 0.1) is 13.8 Å². The number of thiazole rings is 1. The molecule has 0 atom stereocenters. The molecule has 0 N–H and O–H groups in total. The first kappa shape index (κ1) is 23.6. The van der Waals surface area contributed by atoms with Gasteiger partial charge in [0.2, 0.25) is 5.91 Å². The number of nitrogens with zero attached hydrogens (tertiary/aromatic N) is 2. The van der Waals surface area contributed by atoms with E-state index < -0.39 is 5.97 Å². The molecule has 9 heteroatoms. The molecule has 0 bridgehead atoms. The van der Waals surface area contributed by atoms with Crippen LogP contribution in [0.25, 0.3) is 0 Å². The molecule has 0 saturated heterocycles. The highest BCUT2D eigenvalue weighted by Crippen LogP contribution is 2.37. The minimum atomic E-state index is -0.531. The quantitative estimate of drug-likeness (QED) is 0.277. The Hall–Kier alpha value is -2.06. The normalized spacial score (nSPS) is 10.8. The largest absolute Gasteiger partial charge is 0.456 e. The lowest BCUT2D eigenvalue weighted by Gasteiger charge is -2.22. The molecule has 3 aromatic rings. The van der Waals surface area contributed by atoms with Gasteiger partial charge in [-0.3, -0.25) is 9.69 Å².